The lowest BCUT2D eigenvalue weighted by molar-refractivity contribution is 0.102. The molecular formula is C20H17N3O5. The van der Waals surface area contributed by atoms with Crippen molar-refractivity contribution < 1.29 is 19.0 Å². The van der Waals surface area contributed by atoms with Crippen molar-refractivity contribution in [3.8, 4) is 28.5 Å². The molecule has 1 amide bonds. The van der Waals surface area contributed by atoms with E-state index in [1.54, 1.807) is 49.6 Å². The Balaban J connectivity index is 1.59. The molecular weight excluding hydrogens is 362 g/mol. The summed E-state index contributed by atoms with van der Waals surface area (Å²) in [7, 11) is 1.57. The molecule has 0 saturated carbocycles. The number of aromatic amines is 1. The largest absolute Gasteiger partial charge is 0.497 e. The van der Waals surface area contributed by atoms with E-state index in [1.165, 1.54) is 6.07 Å². The van der Waals surface area contributed by atoms with Crippen molar-refractivity contribution in [2.75, 3.05) is 25.6 Å². The van der Waals surface area contributed by atoms with Gasteiger partial charge in [0.25, 0.3) is 5.91 Å². The molecule has 1 aromatic heterocycles. The highest BCUT2D eigenvalue weighted by atomic mass is 16.6. The van der Waals surface area contributed by atoms with E-state index in [0.717, 1.165) is 0 Å². The second kappa shape index (κ2) is 7.43. The summed E-state index contributed by atoms with van der Waals surface area (Å²) in [6, 6.07) is 13.7. The van der Waals surface area contributed by atoms with E-state index in [2.05, 4.69) is 15.3 Å². The number of fused-ring (bicyclic) bond motifs is 1. The first-order valence-electron chi connectivity index (χ1n) is 8.59. The minimum absolute atomic E-state index is 0.0979. The Bertz CT molecular complexity index is 1080. The molecule has 8 nitrogen and oxygen atoms in total. The molecule has 0 radical (unpaired) electrons. The summed E-state index contributed by atoms with van der Waals surface area (Å²) < 4.78 is 16.1. The first-order chi connectivity index (χ1) is 13.6. The number of rotatable bonds is 4. The molecule has 142 valence electrons. The maximum absolute atomic E-state index is 12.6. The van der Waals surface area contributed by atoms with Crippen LogP contribution in [0.3, 0.4) is 0 Å². The molecule has 4 rings (SSSR count). The van der Waals surface area contributed by atoms with Crippen LogP contribution in [0.15, 0.2) is 53.3 Å². The van der Waals surface area contributed by atoms with Crippen LogP contribution in [-0.4, -0.2) is 36.2 Å². The number of H-pyrrole nitrogens is 1. The average molecular weight is 379 g/mol. The van der Waals surface area contributed by atoms with Crippen LogP contribution in [0.25, 0.3) is 11.3 Å². The molecule has 0 fully saturated rings. The number of methoxy groups -OCH3 is 1. The Hall–Kier alpha value is -3.81. The second-order valence-corrected chi connectivity index (χ2v) is 6.03. The second-order valence-electron chi connectivity index (χ2n) is 6.03. The van der Waals surface area contributed by atoms with Gasteiger partial charge < -0.3 is 24.5 Å². The van der Waals surface area contributed by atoms with Gasteiger partial charge in [-0.15, -0.1) is 0 Å². The lowest BCUT2D eigenvalue weighted by Crippen LogP contribution is -2.21. The molecule has 0 aliphatic carbocycles. The van der Waals surface area contributed by atoms with Gasteiger partial charge in [0, 0.05) is 17.3 Å². The van der Waals surface area contributed by atoms with Crippen molar-refractivity contribution in [1.82, 2.24) is 9.97 Å². The Kier molecular flexibility index (Phi) is 4.67. The molecule has 8 heteroatoms. The van der Waals surface area contributed by atoms with Crippen LogP contribution in [0.5, 0.6) is 17.2 Å². The number of nitrogens with zero attached hydrogens (tertiary/aromatic N) is 1. The number of benzene rings is 2. The maximum Gasteiger partial charge on any atom is 0.346 e. The van der Waals surface area contributed by atoms with E-state index in [1.807, 2.05) is 0 Å². The zero-order valence-corrected chi connectivity index (χ0v) is 15.0. The third-order valence-electron chi connectivity index (χ3n) is 4.18. The molecule has 2 heterocycles. The van der Waals surface area contributed by atoms with Crippen molar-refractivity contribution in [2.45, 2.75) is 0 Å². The molecule has 28 heavy (non-hydrogen) atoms. The summed E-state index contributed by atoms with van der Waals surface area (Å²) >= 11 is 0. The molecule has 3 aromatic rings. The molecule has 0 spiro atoms. The number of amides is 1. The van der Waals surface area contributed by atoms with Gasteiger partial charge in [0.2, 0.25) is 0 Å². The van der Waals surface area contributed by atoms with Crippen LogP contribution in [0.2, 0.25) is 0 Å². The molecule has 2 aromatic carbocycles. The van der Waals surface area contributed by atoms with E-state index in [4.69, 9.17) is 14.2 Å². The van der Waals surface area contributed by atoms with Gasteiger partial charge in [-0.2, -0.15) is 4.98 Å². The van der Waals surface area contributed by atoms with Gasteiger partial charge in [-0.05, 0) is 42.5 Å². The lowest BCUT2D eigenvalue weighted by Gasteiger charge is -2.19. The highest BCUT2D eigenvalue weighted by Gasteiger charge is 2.15. The van der Waals surface area contributed by atoms with E-state index >= 15 is 0 Å². The summed E-state index contributed by atoms with van der Waals surface area (Å²) in [4.78, 5) is 31.0. The first-order valence-corrected chi connectivity index (χ1v) is 8.59. The number of carbonyl (C=O) groups excluding carboxylic acids is 1. The minimum Gasteiger partial charge on any atom is -0.497 e. The van der Waals surface area contributed by atoms with Crippen LogP contribution in [0.1, 0.15) is 10.5 Å². The van der Waals surface area contributed by atoms with E-state index in [0.29, 0.717) is 47.4 Å². The molecule has 0 atom stereocenters. The molecule has 1 aliphatic rings. The highest BCUT2D eigenvalue weighted by molar-refractivity contribution is 6.03. The molecule has 2 N–H and O–H groups in total. The van der Waals surface area contributed by atoms with Crippen LogP contribution >= 0.6 is 0 Å². The van der Waals surface area contributed by atoms with Gasteiger partial charge in [-0.3, -0.25) is 4.79 Å². The third-order valence-corrected chi connectivity index (χ3v) is 4.18. The summed E-state index contributed by atoms with van der Waals surface area (Å²) in [5.74, 6) is 1.41. The SMILES string of the molecule is COc1ccc(-c2cc(C(=O)Nc3ccc4c(c3)OCCO4)[nH]c(=O)n2)cc1. The molecule has 0 saturated heterocycles. The number of hydrogen-bond donors (Lipinski definition) is 2. The Morgan fingerprint density at radius 2 is 1.82 bits per heavy atom. The zero-order chi connectivity index (χ0) is 19.5. The van der Waals surface area contributed by atoms with Crippen molar-refractivity contribution in [1.29, 1.82) is 0 Å². The quantitative estimate of drug-likeness (QED) is 0.722. The maximum atomic E-state index is 12.6. The monoisotopic (exact) mass is 379 g/mol. The van der Waals surface area contributed by atoms with Gasteiger partial charge in [0.05, 0.1) is 12.8 Å². The smallest absolute Gasteiger partial charge is 0.346 e. The number of carbonyl (C=O) groups is 1. The number of aromatic nitrogens is 2. The fraction of sp³-hybridized carbons (Fsp3) is 0.150. The third kappa shape index (κ3) is 3.66. The van der Waals surface area contributed by atoms with Crippen molar-refractivity contribution in [2.24, 2.45) is 0 Å². The zero-order valence-electron chi connectivity index (χ0n) is 15.0. The highest BCUT2D eigenvalue weighted by Crippen LogP contribution is 2.32. The summed E-state index contributed by atoms with van der Waals surface area (Å²) in [6.45, 7) is 0.943. The van der Waals surface area contributed by atoms with Crippen LogP contribution in [0.4, 0.5) is 5.69 Å². The predicted molar refractivity (Wildman–Crippen MR) is 102 cm³/mol. The van der Waals surface area contributed by atoms with Crippen molar-refractivity contribution >= 4 is 11.6 Å². The van der Waals surface area contributed by atoms with Gasteiger partial charge in [-0.25, -0.2) is 4.79 Å². The number of hydrogen-bond acceptors (Lipinski definition) is 6. The first kappa shape index (κ1) is 17.6. The van der Waals surface area contributed by atoms with Gasteiger partial charge in [0.15, 0.2) is 11.5 Å². The predicted octanol–water partition coefficient (Wildman–Crippen LogP) is 2.47. The standard InChI is InChI=1S/C20H17N3O5/c1-26-14-5-2-12(3-6-14)15-11-16(23-20(25)22-15)19(24)21-13-4-7-17-18(10-13)28-9-8-27-17/h2-7,10-11H,8-9H2,1H3,(H,21,24)(H,22,23,25). The van der Waals surface area contributed by atoms with Crippen LogP contribution in [0, 0.1) is 0 Å². The van der Waals surface area contributed by atoms with E-state index in [-0.39, 0.29) is 5.69 Å². The number of nitrogens with one attached hydrogen (secondary N) is 2. The number of ether oxygens (including phenoxy) is 3. The Labute approximate surface area is 160 Å². The fourth-order valence-corrected chi connectivity index (χ4v) is 2.81. The van der Waals surface area contributed by atoms with Gasteiger partial charge in [-0.1, -0.05) is 0 Å². The van der Waals surface area contributed by atoms with E-state index in [9.17, 15) is 9.59 Å². The van der Waals surface area contributed by atoms with Crippen molar-refractivity contribution in [3.05, 3.63) is 64.7 Å². The average Bonchev–Trinajstić information content (AvgIpc) is 2.73. The van der Waals surface area contributed by atoms with Crippen LogP contribution < -0.4 is 25.2 Å². The summed E-state index contributed by atoms with van der Waals surface area (Å²) in [5, 5.41) is 2.74. The van der Waals surface area contributed by atoms with E-state index < -0.39 is 11.6 Å². The Morgan fingerprint density at radius 3 is 2.57 bits per heavy atom. The lowest BCUT2D eigenvalue weighted by atomic mass is 10.1. The van der Waals surface area contributed by atoms with Crippen molar-refractivity contribution in [3.63, 3.8) is 0 Å². The Morgan fingerprint density at radius 1 is 1.07 bits per heavy atom. The minimum atomic E-state index is -0.611. The molecule has 0 bridgehead atoms. The topological polar surface area (TPSA) is 103 Å². The molecule has 0 unspecified atom stereocenters. The summed E-state index contributed by atoms with van der Waals surface area (Å²) in [6.07, 6.45) is 0. The van der Waals surface area contributed by atoms with Crippen LogP contribution in [-0.2, 0) is 0 Å². The number of anilines is 1. The normalized spacial score (nSPS) is 12.3. The fourth-order valence-electron chi connectivity index (χ4n) is 2.81. The molecule has 1 aliphatic heterocycles. The van der Waals surface area contributed by atoms with Gasteiger partial charge >= 0.3 is 5.69 Å². The van der Waals surface area contributed by atoms with Gasteiger partial charge in [0.1, 0.15) is 24.7 Å². The summed E-state index contributed by atoms with van der Waals surface area (Å²) in [5.41, 5.74) is 1.10.